The molecule has 158 valence electrons. The summed E-state index contributed by atoms with van der Waals surface area (Å²) in [5, 5.41) is 7.72. The minimum Gasteiger partial charge on any atom is -0.497 e. The Morgan fingerprint density at radius 2 is 1.93 bits per heavy atom. The molecule has 1 aromatic heterocycles. The number of hydrogen-bond acceptors (Lipinski definition) is 4. The van der Waals surface area contributed by atoms with Crippen LogP contribution in [0.15, 0.2) is 30.3 Å². The lowest BCUT2D eigenvalue weighted by molar-refractivity contribution is -0.120. The third-order valence-electron chi connectivity index (χ3n) is 5.43. The van der Waals surface area contributed by atoms with E-state index in [1.165, 1.54) is 19.2 Å². The first-order chi connectivity index (χ1) is 14.3. The third-order valence-corrected chi connectivity index (χ3v) is 5.43. The number of aromatic nitrogens is 1. The molecule has 1 aliphatic carbocycles. The molecule has 4 rings (SSSR count). The summed E-state index contributed by atoms with van der Waals surface area (Å²) in [6, 6.07) is 4.45. The number of carbonyl (C=O) groups is 2. The van der Waals surface area contributed by atoms with Crippen LogP contribution in [0.3, 0.4) is 0 Å². The highest BCUT2D eigenvalue weighted by Gasteiger charge is 2.48. The molecule has 30 heavy (non-hydrogen) atoms. The van der Waals surface area contributed by atoms with Crippen molar-refractivity contribution in [3.05, 3.63) is 59.2 Å². The van der Waals surface area contributed by atoms with Crippen LogP contribution < -0.4 is 20.7 Å². The van der Waals surface area contributed by atoms with Crippen LogP contribution in [0.1, 0.15) is 30.0 Å². The molecular formula is C20H19F3N4O3. The number of hydrogen-bond donors (Lipinski definition) is 3. The van der Waals surface area contributed by atoms with E-state index in [0.29, 0.717) is 18.5 Å². The van der Waals surface area contributed by atoms with E-state index >= 15 is 0 Å². The van der Waals surface area contributed by atoms with Gasteiger partial charge in [-0.3, -0.25) is 4.79 Å². The molecule has 2 heterocycles. The van der Waals surface area contributed by atoms with E-state index in [-0.39, 0.29) is 17.9 Å². The minimum atomic E-state index is -1.18. The van der Waals surface area contributed by atoms with Crippen LogP contribution in [0.25, 0.3) is 0 Å². The summed E-state index contributed by atoms with van der Waals surface area (Å²) >= 11 is 0. The molecule has 7 nitrogen and oxygen atoms in total. The number of ether oxygens (including phenoxy) is 1. The summed E-state index contributed by atoms with van der Waals surface area (Å²) in [4.78, 5) is 28.6. The van der Waals surface area contributed by atoms with Crippen molar-refractivity contribution in [3.8, 4) is 5.75 Å². The van der Waals surface area contributed by atoms with Crippen molar-refractivity contribution in [2.45, 2.75) is 30.3 Å². The summed E-state index contributed by atoms with van der Waals surface area (Å²) < 4.78 is 47.3. The fourth-order valence-corrected chi connectivity index (χ4v) is 3.73. The standard InChI is InChI=1S/C20H19F3N4O3/c1-30-10-7-12(21)16(13(22)8-10)11-9-24-18(28)17(11)26-19(29)27-20(5-6-20)14-3-2-4-15(23)25-14/h2-4,7-8,11,17H,5-6,9H2,1H3,(H,24,28)(H2,26,27,29)/t11-,17-/m0/s1. The maximum absolute atomic E-state index is 14.5. The summed E-state index contributed by atoms with van der Waals surface area (Å²) in [5.41, 5.74) is -0.766. The van der Waals surface area contributed by atoms with Gasteiger partial charge >= 0.3 is 6.03 Å². The topological polar surface area (TPSA) is 92.4 Å². The fraction of sp³-hybridized carbons (Fsp3) is 0.350. The van der Waals surface area contributed by atoms with Crippen molar-refractivity contribution in [2.24, 2.45) is 0 Å². The maximum atomic E-state index is 14.5. The zero-order valence-corrected chi connectivity index (χ0v) is 16.0. The van der Waals surface area contributed by atoms with E-state index in [9.17, 15) is 22.8 Å². The highest BCUT2D eigenvalue weighted by Crippen LogP contribution is 2.44. The van der Waals surface area contributed by atoms with Crippen LogP contribution >= 0.6 is 0 Å². The number of nitrogens with one attached hydrogen (secondary N) is 3. The van der Waals surface area contributed by atoms with Gasteiger partial charge in [-0.1, -0.05) is 6.07 Å². The van der Waals surface area contributed by atoms with Crippen molar-refractivity contribution < 1.29 is 27.5 Å². The molecule has 1 saturated carbocycles. The van der Waals surface area contributed by atoms with Crippen molar-refractivity contribution in [3.63, 3.8) is 0 Å². The van der Waals surface area contributed by atoms with Gasteiger partial charge in [-0.25, -0.2) is 18.6 Å². The number of urea groups is 1. The summed E-state index contributed by atoms with van der Waals surface area (Å²) in [6.07, 6.45) is 1.11. The number of halogens is 3. The summed E-state index contributed by atoms with van der Waals surface area (Å²) in [5.74, 6) is -3.91. The van der Waals surface area contributed by atoms with E-state index in [0.717, 1.165) is 12.1 Å². The third kappa shape index (κ3) is 3.64. The molecule has 3 N–H and O–H groups in total. The lowest BCUT2D eigenvalue weighted by Gasteiger charge is -2.23. The molecule has 1 aliphatic heterocycles. The van der Waals surface area contributed by atoms with Gasteiger partial charge in [0.1, 0.15) is 23.4 Å². The highest BCUT2D eigenvalue weighted by atomic mass is 19.1. The molecule has 2 atom stereocenters. The number of methoxy groups -OCH3 is 1. The average molecular weight is 420 g/mol. The lowest BCUT2D eigenvalue weighted by atomic mass is 9.93. The van der Waals surface area contributed by atoms with Gasteiger partial charge in [0.05, 0.1) is 18.3 Å². The Bertz CT molecular complexity index is 990. The molecule has 0 unspecified atom stereocenters. The quantitative estimate of drug-likeness (QED) is 0.646. The minimum absolute atomic E-state index is 0.00607. The second-order valence-corrected chi connectivity index (χ2v) is 7.36. The molecule has 10 heteroatoms. The van der Waals surface area contributed by atoms with Crippen molar-refractivity contribution >= 4 is 11.9 Å². The first-order valence-corrected chi connectivity index (χ1v) is 9.35. The Hall–Kier alpha value is -3.30. The van der Waals surface area contributed by atoms with Gasteiger partial charge in [-0.2, -0.15) is 4.39 Å². The van der Waals surface area contributed by atoms with Crippen LogP contribution in [-0.2, 0) is 10.3 Å². The second-order valence-electron chi connectivity index (χ2n) is 7.36. The summed E-state index contributed by atoms with van der Waals surface area (Å²) in [7, 11) is 1.28. The van der Waals surface area contributed by atoms with Crippen LogP contribution in [-0.4, -0.2) is 36.6 Å². The number of carbonyl (C=O) groups excluding carboxylic acids is 2. The normalized spacial score (nSPS) is 21.7. The Kier molecular flexibility index (Phi) is 5.00. The zero-order valence-electron chi connectivity index (χ0n) is 16.0. The largest absolute Gasteiger partial charge is 0.497 e. The second kappa shape index (κ2) is 7.51. The van der Waals surface area contributed by atoms with E-state index < -0.39 is 47.0 Å². The Morgan fingerprint density at radius 3 is 2.53 bits per heavy atom. The van der Waals surface area contributed by atoms with E-state index in [1.807, 2.05) is 0 Å². The van der Waals surface area contributed by atoms with E-state index in [2.05, 4.69) is 20.9 Å². The van der Waals surface area contributed by atoms with Crippen molar-refractivity contribution in [2.75, 3.05) is 13.7 Å². The lowest BCUT2D eigenvalue weighted by Crippen LogP contribution is -2.50. The van der Waals surface area contributed by atoms with E-state index in [4.69, 9.17) is 4.74 Å². The van der Waals surface area contributed by atoms with Gasteiger partial charge < -0.3 is 20.7 Å². The number of pyridine rings is 1. The van der Waals surface area contributed by atoms with Gasteiger partial charge in [-0.15, -0.1) is 0 Å². The van der Waals surface area contributed by atoms with Crippen LogP contribution in [0.4, 0.5) is 18.0 Å². The van der Waals surface area contributed by atoms with Crippen molar-refractivity contribution in [1.29, 1.82) is 0 Å². The van der Waals surface area contributed by atoms with E-state index in [1.54, 1.807) is 6.07 Å². The molecular weight excluding hydrogens is 401 g/mol. The van der Waals surface area contributed by atoms with Gasteiger partial charge in [0, 0.05) is 30.2 Å². The molecule has 0 bridgehead atoms. The van der Waals surface area contributed by atoms with Crippen molar-refractivity contribution in [1.82, 2.24) is 20.9 Å². The van der Waals surface area contributed by atoms with Gasteiger partial charge in [-0.05, 0) is 25.0 Å². The van der Waals surface area contributed by atoms with Gasteiger partial charge in [0.25, 0.3) is 0 Å². The number of amides is 3. The molecule has 1 saturated heterocycles. The molecule has 2 aromatic rings. The SMILES string of the molecule is COc1cc(F)c([C@@H]2CNC(=O)[C@H]2NC(=O)NC2(c3cccc(F)n3)CC2)c(F)c1. The first kappa shape index (κ1) is 20.0. The monoisotopic (exact) mass is 420 g/mol. The molecule has 1 aromatic carbocycles. The fourth-order valence-electron chi connectivity index (χ4n) is 3.73. The smallest absolute Gasteiger partial charge is 0.316 e. The molecule has 0 radical (unpaired) electrons. The molecule has 0 spiro atoms. The Balaban J connectivity index is 1.52. The number of nitrogens with zero attached hydrogens (tertiary/aromatic N) is 1. The zero-order chi connectivity index (χ0) is 21.5. The average Bonchev–Trinajstić information content (AvgIpc) is 3.40. The Labute approximate surface area is 170 Å². The number of rotatable bonds is 5. The van der Waals surface area contributed by atoms with Crippen LogP contribution in [0, 0.1) is 17.6 Å². The predicted octanol–water partition coefficient (Wildman–Crippen LogP) is 2.08. The van der Waals surface area contributed by atoms with Crippen LogP contribution in [0.5, 0.6) is 5.75 Å². The van der Waals surface area contributed by atoms with Crippen LogP contribution in [0.2, 0.25) is 0 Å². The van der Waals surface area contributed by atoms with Gasteiger partial charge in [0.2, 0.25) is 11.9 Å². The van der Waals surface area contributed by atoms with Gasteiger partial charge in [0.15, 0.2) is 0 Å². The predicted molar refractivity (Wildman–Crippen MR) is 99.2 cm³/mol. The number of benzene rings is 1. The first-order valence-electron chi connectivity index (χ1n) is 9.35. The molecule has 2 aliphatic rings. The Morgan fingerprint density at radius 1 is 1.23 bits per heavy atom. The molecule has 2 fully saturated rings. The molecule has 3 amide bonds. The summed E-state index contributed by atoms with van der Waals surface area (Å²) in [6.45, 7) is -0.0411. The maximum Gasteiger partial charge on any atom is 0.316 e. The highest BCUT2D eigenvalue weighted by molar-refractivity contribution is 5.90.